The van der Waals surface area contributed by atoms with Gasteiger partial charge in [0.05, 0.1) is 42.8 Å². The number of fused-ring (bicyclic) bond motifs is 1. The van der Waals surface area contributed by atoms with E-state index in [2.05, 4.69) is 10.00 Å². The molecule has 28 heavy (non-hydrogen) atoms. The Morgan fingerprint density at radius 2 is 1.89 bits per heavy atom. The lowest BCUT2D eigenvalue weighted by atomic mass is 10.1. The van der Waals surface area contributed by atoms with Crippen LogP contribution >= 0.6 is 0 Å². The minimum absolute atomic E-state index is 0.0764. The highest BCUT2D eigenvalue weighted by molar-refractivity contribution is 5.94. The molecule has 8 heteroatoms. The fourth-order valence-electron chi connectivity index (χ4n) is 3.66. The maximum atomic E-state index is 11.4. The number of nitrogens with zero attached hydrogens (tertiary/aromatic N) is 4. The Morgan fingerprint density at radius 3 is 2.54 bits per heavy atom. The summed E-state index contributed by atoms with van der Waals surface area (Å²) in [4.78, 5) is 25.8. The number of nitro groups is 1. The molecule has 8 nitrogen and oxygen atoms in total. The molecule has 1 fully saturated rings. The number of aromatic nitrogens is 2. The number of piperazine rings is 1. The van der Waals surface area contributed by atoms with Crippen molar-refractivity contribution in [1.29, 1.82) is 0 Å². The molecule has 0 radical (unpaired) electrons. The van der Waals surface area contributed by atoms with E-state index in [9.17, 15) is 14.9 Å². The number of hydrogen-bond donors (Lipinski definition) is 1. The smallest absolute Gasteiger partial charge is 0.271 e. The van der Waals surface area contributed by atoms with E-state index in [-0.39, 0.29) is 16.4 Å². The van der Waals surface area contributed by atoms with Crippen molar-refractivity contribution in [1.82, 2.24) is 9.78 Å². The maximum absolute atomic E-state index is 11.4. The number of ketones is 1. The van der Waals surface area contributed by atoms with Gasteiger partial charge in [-0.2, -0.15) is 5.10 Å². The van der Waals surface area contributed by atoms with Gasteiger partial charge in [0.25, 0.3) is 5.69 Å². The molecule has 144 valence electrons. The second-order valence-corrected chi connectivity index (χ2v) is 7.14. The summed E-state index contributed by atoms with van der Waals surface area (Å²) in [6, 6.07) is 12.6. The number of rotatable bonds is 5. The van der Waals surface area contributed by atoms with Gasteiger partial charge >= 0.3 is 0 Å². The fourth-order valence-corrected chi connectivity index (χ4v) is 3.66. The van der Waals surface area contributed by atoms with Gasteiger partial charge in [0.15, 0.2) is 12.5 Å². The first-order chi connectivity index (χ1) is 13.5. The van der Waals surface area contributed by atoms with E-state index in [1.807, 2.05) is 28.9 Å². The number of carbonyl (C=O) groups excluding carboxylic acids is 1. The van der Waals surface area contributed by atoms with E-state index in [1.165, 1.54) is 11.0 Å². The normalized spacial score (nSPS) is 15.1. The zero-order valence-corrected chi connectivity index (χ0v) is 15.7. The van der Waals surface area contributed by atoms with E-state index < -0.39 is 0 Å². The second-order valence-electron chi connectivity index (χ2n) is 7.14. The molecule has 1 aromatic heterocycles. The summed E-state index contributed by atoms with van der Waals surface area (Å²) in [5.41, 5.74) is 2.74. The van der Waals surface area contributed by atoms with E-state index in [1.54, 1.807) is 25.3 Å². The first kappa shape index (κ1) is 18.1. The summed E-state index contributed by atoms with van der Waals surface area (Å²) < 4.78 is 1.86. The van der Waals surface area contributed by atoms with Crippen molar-refractivity contribution in [2.24, 2.45) is 0 Å². The van der Waals surface area contributed by atoms with Crippen LogP contribution in [-0.2, 0) is 6.67 Å². The van der Waals surface area contributed by atoms with Crippen molar-refractivity contribution in [3.8, 4) is 0 Å². The van der Waals surface area contributed by atoms with Gasteiger partial charge in [-0.25, -0.2) is 4.68 Å². The largest absolute Gasteiger partial charge is 0.360 e. The van der Waals surface area contributed by atoms with Crippen LogP contribution in [0.15, 0.2) is 48.7 Å². The molecule has 1 aliphatic heterocycles. The van der Waals surface area contributed by atoms with Crippen LogP contribution in [0.2, 0.25) is 0 Å². The second kappa shape index (κ2) is 7.40. The molecule has 0 atom stereocenters. The van der Waals surface area contributed by atoms with E-state index in [4.69, 9.17) is 0 Å². The van der Waals surface area contributed by atoms with Gasteiger partial charge < -0.3 is 9.80 Å². The molecule has 0 saturated carbocycles. The maximum Gasteiger partial charge on any atom is 0.271 e. The minimum Gasteiger partial charge on any atom is -0.360 e. The number of anilines is 1. The van der Waals surface area contributed by atoms with Crippen LogP contribution in [0.1, 0.15) is 17.3 Å². The lowest BCUT2D eigenvalue weighted by molar-refractivity contribution is -0.923. The summed E-state index contributed by atoms with van der Waals surface area (Å²) in [7, 11) is 0. The van der Waals surface area contributed by atoms with Crippen LogP contribution in [0.5, 0.6) is 0 Å². The van der Waals surface area contributed by atoms with Crippen LogP contribution in [0.25, 0.3) is 10.9 Å². The van der Waals surface area contributed by atoms with Gasteiger partial charge in [0, 0.05) is 28.8 Å². The number of benzene rings is 2. The highest BCUT2D eigenvalue weighted by Gasteiger charge is 2.21. The van der Waals surface area contributed by atoms with Crippen molar-refractivity contribution >= 4 is 28.1 Å². The van der Waals surface area contributed by atoms with Crippen LogP contribution in [-0.4, -0.2) is 46.7 Å². The van der Waals surface area contributed by atoms with Gasteiger partial charge in [-0.05, 0) is 37.3 Å². The molecule has 1 aliphatic rings. The van der Waals surface area contributed by atoms with Crippen LogP contribution < -0.4 is 9.80 Å². The molecule has 0 spiro atoms. The number of non-ortho nitro benzene ring substituents is 1. The van der Waals surface area contributed by atoms with Crippen molar-refractivity contribution < 1.29 is 14.6 Å². The molecule has 0 unspecified atom stereocenters. The Morgan fingerprint density at radius 1 is 1.18 bits per heavy atom. The third kappa shape index (κ3) is 3.59. The molecule has 2 heterocycles. The van der Waals surface area contributed by atoms with Crippen molar-refractivity contribution in [3.05, 3.63) is 64.3 Å². The molecule has 2 aromatic carbocycles. The van der Waals surface area contributed by atoms with Gasteiger partial charge in [0.2, 0.25) is 0 Å². The van der Waals surface area contributed by atoms with Crippen molar-refractivity contribution in [2.75, 3.05) is 31.1 Å². The molecule has 0 aliphatic carbocycles. The molecule has 1 saturated heterocycles. The van der Waals surface area contributed by atoms with Gasteiger partial charge in [-0.1, -0.05) is 0 Å². The Bertz CT molecular complexity index is 1020. The monoisotopic (exact) mass is 380 g/mol. The third-order valence-corrected chi connectivity index (χ3v) is 5.32. The summed E-state index contributed by atoms with van der Waals surface area (Å²) in [5.74, 6) is 0.0764. The predicted octanol–water partition coefficient (Wildman–Crippen LogP) is 1.51. The van der Waals surface area contributed by atoms with Crippen molar-refractivity contribution in [3.63, 3.8) is 0 Å². The molecular formula is C20H22N5O3+. The molecule has 0 bridgehead atoms. The van der Waals surface area contributed by atoms with Crippen molar-refractivity contribution in [2.45, 2.75) is 13.6 Å². The predicted molar refractivity (Wildman–Crippen MR) is 106 cm³/mol. The number of nitrogens with one attached hydrogen (secondary N) is 1. The summed E-state index contributed by atoms with van der Waals surface area (Å²) in [5, 5.41) is 16.4. The average Bonchev–Trinajstić information content (AvgIpc) is 3.10. The van der Waals surface area contributed by atoms with E-state index in [0.29, 0.717) is 6.67 Å². The Hall–Kier alpha value is -3.26. The zero-order chi connectivity index (χ0) is 19.7. The molecular weight excluding hydrogens is 358 g/mol. The number of quaternary nitrogens is 1. The average molecular weight is 380 g/mol. The van der Waals surface area contributed by atoms with E-state index in [0.717, 1.165) is 48.3 Å². The highest BCUT2D eigenvalue weighted by atomic mass is 16.6. The van der Waals surface area contributed by atoms with E-state index >= 15 is 0 Å². The van der Waals surface area contributed by atoms with Gasteiger partial charge in [-0.3, -0.25) is 14.9 Å². The van der Waals surface area contributed by atoms with Crippen LogP contribution in [0.3, 0.4) is 0 Å². The zero-order valence-electron chi connectivity index (χ0n) is 15.7. The minimum atomic E-state index is -0.375. The topological polar surface area (TPSA) is 85.7 Å². The number of hydrogen-bond acceptors (Lipinski definition) is 5. The first-order valence-corrected chi connectivity index (χ1v) is 9.31. The Balaban J connectivity index is 1.42. The summed E-state index contributed by atoms with van der Waals surface area (Å²) >= 11 is 0. The summed E-state index contributed by atoms with van der Waals surface area (Å²) in [6.07, 6.45) is 1.76. The van der Waals surface area contributed by atoms with Crippen LogP contribution in [0.4, 0.5) is 11.4 Å². The SMILES string of the molecule is CC(=O)c1ccc(N2CC[NH+](Cn3ncc4ccc([N+](=O)[O-])cc43)CC2)cc1. The Labute approximate surface area is 162 Å². The number of carbonyl (C=O) groups is 1. The highest BCUT2D eigenvalue weighted by Crippen LogP contribution is 2.20. The van der Waals surface area contributed by atoms with Gasteiger partial charge in [0.1, 0.15) is 0 Å². The standard InChI is InChI=1S/C20H21N5O3/c1-15(26)16-2-5-18(6-3-16)23-10-8-22(9-11-23)14-24-20-12-19(25(27)28)7-4-17(20)13-21-24/h2-7,12-13H,8-11,14H2,1H3/p+1. The molecule has 1 N–H and O–H groups in total. The third-order valence-electron chi connectivity index (χ3n) is 5.32. The lowest BCUT2D eigenvalue weighted by Gasteiger charge is -2.33. The first-order valence-electron chi connectivity index (χ1n) is 9.31. The molecule has 0 amide bonds. The Kier molecular flexibility index (Phi) is 4.79. The fraction of sp³-hybridized carbons (Fsp3) is 0.300. The quantitative estimate of drug-likeness (QED) is 0.412. The van der Waals surface area contributed by atoms with Crippen LogP contribution in [0, 0.1) is 10.1 Å². The summed E-state index contributed by atoms with van der Waals surface area (Å²) in [6.45, 7) is 5.98. The van der Waals surface area contributed by atoms with Gasteiger partial charge in [-0.15, -0.1) is 0 Å². The number of Topliss-reactive ketones (excluding diaryl/α,β-unsaturated/α-hetero) is 1. The molecule has 4 rings (SSSR count). The lowest BCUT2D eigenvalue weighted by Crippen LogP contribution is -3.14. The molecule has 3 aromatic rings. The number of nitro benzene ring substituents is 1.